The lowest BCUT2D eigenvalue weighted by molar-refractivity contribution is 0.0933. The number of benzene rings is 1. The van der Waals surface area contributed by atoms with E-state index in [9.17, 15) is 4.79 Å². The summed E-state index contributed by atoms with van der Waals surface area (Å²) < 4.78 is 23.8. The van der Waals surface area contributed by atoms with E-state index >= 15 is 0 Å². The number of carbonyl (C=O) groups is 1. The Bertz CT molecular complexity index is 1330. The van der Waals surface area contributed by atoms with Gasteiger partial charge in [0, 0.05) is 36.6 Å². The highest BCUT2D eigenvalue weighted by Gasteiger charge is 2.18. The SMILES string of the molecule is COc1cc(OC)c(Cc2ccc(C(=O)NNc3cc(C)c4c(C)nn(C)c4n3)o2)c(OC)c1. The van der Waals surface area contributed by atoms with Crippen molar-refractivity contribution in [2.75, 3.05) is 26.8 Å². The van der Waals surface area contributed by atoms with Gasteiger partial charge in [0.25, 0.3) is 0 Å². The Labute approximate surface area is 196 Å². The van der Waals surface area contributed by atoms with Crippen molar-refractivity contribution in [2.45, 2.75) is 20.3 Å². The molecule has 1 amide bonds. The predicted molar refractivity (Wildman–Crippen MR) is 127 cm³/mol. The van der Waals surface area contributed by atoms with Gasteiger partial charge < -0.3 is 18.6 Å². The summed E-state index contributed by atoms with van der Waals surface area (Å²) in [7, 11) is 6.56. The lowest BCUT2D eigenvalue weighted by Gasteiger charge is -2.14. The van der Waals surface area contributed by atoms with E-state index in [4.69, 9.17) is 18.6 Å². The van der Waals surface area contributed by atoms with Crippen LogP contribution in [0.3, 0.4) is 0 Å². The maximum absolute atomic E-state index is 12.7. The molecule has 0 bridgehead atoms. The molecule has 178 valence electrons. The Hall–Kier alpha value is -4.21. The Morgan fingerprint density at radius 2 is 1.76 bits per heavy atom. The van der Waals surface area contributed by atoms with Crippen LogP contribution >= 0.6 is 0 Å². The van der Waals surface area contributed by atoms with Crippen LogP contribution in [-0.2, 0) is 13.5 Å². The van der Waals surface area contributed by atoms with E-state index in [0.29, 0.717) is 35.2 Å². The number of anilines is 1. The average molecular weight is 466 g/mol. The van der Waals surface area contributed by atoms with Gasteiger partial charge in [-0.05, 0) is 37.6 Å². The van der Waals surface area contributed by atoms with Crippen molar-refractivity contribution in [1.29, 1.82) is 0 Å². The number of rotatable bonds is 8. The molecule has 0 saturated carbocycles. The number of methoxy groups -OCH3 is 3. The van der Waals surface area contributed by atoms with Crippen LogP contribution in [-0.4, -0.2) is 42.0 Å². The third kappa shape index (κ3) is 4.34. The first-order chi connectivity index (χ1) is 16.3. The van der Waals surface area contributed by atoms with Crippen LogP contribution in [0.4, 0.5) is 5.82 Å². The number of aromatic nitrogens is 3. The summed E-state index contributed by atoms with van der Waals surface area (Å²) in [6.07, 6.45) is 0.369. The van der Waals surface area contributed by atoms with Gasteiger partial charge in [-0.3, -0.25) is 20.3 Å². The van der Waals surface area contributed by atoms with Gasteiger partial charge in [0.15, 0.2) is 11.4 Å². The molecular weight excluding hydrogens is 438 g/mol. The number of carbonyl (C=O) groups excluding carboxylic acids is 1. The molecule has 0 aliphatic carbocycles. The van der Waals surface area contributed by atoms with E-state index in [1.165, 1.54) is 0 Å². The van der Waals surface area contributed by atoms with Gasteiger partial charge in [-0.15, -0.1) is 0 Å². The average Bonchev–Trinajstić information content (AvgIpc) is 3.41. The van der Waals surface area contributed by atoms with Crippen molar-refractivity contribution >= 4 is 22.8 Å². The van der Waals surface area contributed by atoms with Crippen molar-refractivity contribution < 1.29 is 23.4 Å². The molecule has 10 heteroatoms. The number of pyridine rings is 1. The molecule has 0 atom stereocenters. The number of fused-ring (bicyclic) bond motifs is 1. The Kier molecular flexibility index (Phi) is 6.31. The second kappa shape index (κ2) is 9.34. The largest absolute Gasteiger partial charge is 0.496 e. The van der Waals surface area contributed by atoms with Crippen LogP contribution in [0.2, 0.25) is 0 Å². The van der Waals surface area contributed by atoms with Gasteiger partial charge in [-0.1, -0.05) is 0 Å². The number of nitrogens with zero attached hydrogens (tertiary/aromatic N) is 3. The molecule has 0 aliphatic heterocycles. The third-order valence-electron chi connectivity index (χ3n) is 5.52. The molecule has 4 aromatic rings. The lowest BCUT2D eigenvalue weighted by Crippen LogP contribution is -2.29. The number of hydrazine groups is 1. The minimum Gasteiger partial charge on any atom is -0.496 e. The number of amides is 1. The normalized spacial score (nSPS) is 10.9. The summed E-state index contributed by atoms with van der Waals surface area (Å²) >= 11 is 0. The highest BCUT2D eigenvalue weighted by molar-refractivity contribution is 5.92. The Morgan fingerprint density at radius 1 is 1.06 bits per heavy atom. The van der Waals surface area contributed by atoms with Gasteiger partial charge in [0.1, 0.15) is 28.8 Å². The first-order valence-electron chi connectivity index (χ1n) is 10.6. The quantitative estimate of drug-likeness (QED) is 0.380. The summed E-state index contributed by atoms with van der Waals surface area (Å²) in [4.78, 5) is 17.2. The summed E-state index contributed by atoms with van der Waals surface area (Å²) in [5.41, 5.74) is 8.92. The second-order valence-corrected chi connectivity index (χ2v) is 7.76. The molecule has 0 fully saturated rings. The fraction of sp³-hybridized carbons (Fsp3) is 0.292. The number of hydrogen-bond donors (Lipinski definition) is 2. The van der Waals surface area contributed by atoms with E-state index in [-0.39, 0.29) is 5.76 Å². The van der Waals surface area contributed by atoms with E-state index in [1.54, 1.807) is 50.3 Å². The topological polar surface area (TPSA) is 113 Å². The Morgan fingerprint density at radius 3 is 2.41 bits per heavy atom. The number of furan rings is 1. The molecular formula is C24H27N5O5. The molecule has 2 N–H and O–H groups in total. The number of nitrogens with one attached hydrogen (secondary N) is 2. The van der Waals surface area contributed by atoms with Crippen molar-refractivity contribution in [1.82, 2.24) is 20.2 Å². The van der Waals surface area contributed by atoms with E-state index in [0.717, 1.165) is 27.9 Å². The number of hydrogen-bond acceptors (Lipinski definition) is 8. The Balaban J connectivity index is 1.48. The molecule has 10 nitrogen and oxygen atoms in total. The molecule has 4 rings (SSSR count). The van der Waals surface area contributed by atoms with Gasteiger partial charge in [0.2, 0.25) is 0 Å². The lowest BCUT2D eigenvalue weighted by atomic mass is 10.1. The standard InChI is InChI=1S/C24H27N5O5/c1-13-9-21(25-23-22(13)14(2)28-29(23)3)26-27-24(30)18-8-7-15(34-18)10-17-19(32-5)11-16(31-4)12-20(17)33-6/h7-9,11-12H,10H2,1-6H3,(H,25,26)(H,27,30). The second-order valence-electron chi connectivity index (χ2n) is 7.76. The van der Waals surface area contributed by atoms with Crippen LogP contribution in [0.1, 0.15) is 33.1 Å². The van der Waals surface area contributed by atoms with Crippen LogP contribution < -0.4 is 25.1 Å². The van der Waals surface area contributed by atoms with Crippen molar-refractivity contribution in [3.8, 4) is 17.2 Å². The van der Waals surface area contributed by atoms with Crippen molar-refractivity contribution in [3.05, 3.63) is 58.7 Å². The van der Waals surface area contributed by atoms with Gasteiger partial charge in [-0.25, -0.2) is 4.98 Å². The summed E-state index contributed by atoms with van der Waals surface area (Å²) in [5.74, 6) is 2.62. The van der Waals surface area contributed by atoms with Gasteiger partial charge in [0.05, 0.1) is 27.0 Å². The van der Waals surface area contributed by atoms with Crippen LogP contribution in [0.5, 0.6) is 17.2 Å². The molecule has 0 saturated heterocycles. The van der Waals surface area contributed by atoms with Gasteiger partial charge in [-0.2, -0.15) is 5.10 Å². The summed E-state index contributed by atoms with van der Waals surface area (Å²) in [6.45, 7) is 3.92. The third-order valence-corrected chi connectivity index (χ3v) is 5.52. The van der Waals surface area contributed by atoms with Crippen LogP contribution in [0.25, 0.3) is 11.0 Å². The molecule has 0 unspecified atom stereocenters. The molecule has 3 heterocycles. The molecule has 0 aliphatic rings. The van der Waals surface area contributed by atoms with Crippen molar-refractivity contribution in [2.24, 2.45) is 7.05 Å². The maximum atomic E-state index is 12.7. The van der Waals surface area contributed by atoms with E-state index < -0.39 is 5.91 Å². The predicted octanol–water partition coefficient (Wildman–Crippen LogP) is 3.55. The summed E-state index contributed by atoms with van der Waals surface area (Å²) in [5, 5.41) is 5.41. The first-order valence-corrected chi connectivity index (χ1v) is 10.6. The zero-order valence-corrected chi connectivity index (χ0v) is 20.0. The fourth-order valence-corrected chi connectivity index (χ4v) is 3.93. The van der Waals surface area contributed by atoms with E-state index in [1.807, 2.05) is 27.0 Å². The first kappa shape index (κ1) is 23.0. The fourth-order valence-electron chi connectivity index (χ4n) is 3.93. The van der Waals surface area contributed by atoms with E-state index in [2.05, 4.69) is 20.9 Å². The van der Waals surface area contributed by atoms with Gasteiger partial charge >= 0.3 is 5.91 Å². The molecule has 0 spiro atoms. The molecule has 0 radical (unpaired) electrons. The minimum atomic E-state index is -0.430. The highest BCUT2D eigenvalue weighted by atomic mass is 16.5. The maximum Gasteiger partial charge on any atom is 0.305 e. The molecule has 3 aromatic heterocycles. The minimum absolute atomic E-state index is 0.156. The monoisotopic (exact) mass is 465 g/mol. The van der Waals surface area contributed by atoms with Crippen LogP contribution in [0, 0.1) is 13.8 Å². The van der Waals surface area contributed by atoms with Crippen LogP contribution in [0.15, 0.2) is 34.7 Å². The van der Waals surface area contributed by atoms with Crippen molar-refractivity contribution in [3.63, 3.8) is 0 Å². The molecule has 34 heavy (non-hydrogen) atoms. The molecule has 1 aromatic carbocycles. The zero-order valence-electron chi connectivity index (χ0n) is 20.0. The number of ether oxygens (including phenoxy) is 3. The highest BCUT2D eigenvalue weighted by Crippen LogP contribution is 2.35. The summed E-state index contributed by atoms with van der Waals surface area (Å²) in [6, 6.07) is 8.75. The smallest absolute Gasteiger partial charge is 0.305 e. The number of aryl methyl sites for hydroxylation is 3. The zero-order chi connectivity index (χ0) is 24.4.